The number of esters is 1. The van der Waals surface area contributed by atoms with E-state index < -0.39 is 22.4 Å². The van der Waals surface area contributed by atoms with Crippen LogP contribution in [0.1, 0.15) is 37.9 Å². The van der Waals surface area contributed by atoms with Crippen molar-refractivity contribution >= 4 is 43.7 Å². The van der Waals surface area contributed by atoms with Crippen LogP contribution in [0.4, 0.5) is 0 Å². The molecule has 1 unspecified atom stereocenters. The lowest BCUT2D eigenvalue weighted by atomic mass is 10.1. The average molecular weight is 460 g/mol. The molecule has 7 nitrogen and oxygen atoms in total. The maximum absolute atomic E-state index is 12.7. The summed E-state index contributed by atoms with van der Waals surface area (Å²) < 4.78 is 34.5. The largest absolute Gasteiger partial charge is 0.452 e. The smallest absolute Gasteiger partial charge is 0.331 e. The minimum absolute atomic E-state index is 0.00351. The minimum atomic E-state index is -3.10. The van der Waals surface area contributed by atoms with E-state index in [1.807, 2.05) is 0 Å². The van der Waals surface area contributed by atoms with E-state index >= 15 is 0 Å². The summed E-state index contributed by atoms with van der Waals surface area (Å²) in [5.74, 6) is -0.395. The molecule has 2 aliphatic rings. The zero-order valence-electron chi connectivity index (χ0n) is 14.8. The molecular formula is C18H22BrNO6S. The second-order valence-corrected chi connectivity index (χ2v) is 9.89. The van der Waals surface area contributed by atoms with Gasteiger partial charge in [-0.15, -0.1) is 0 Å². The van der Waals surface area contributed by atoms with Crippen LogP contribution in [-0.2, 0) is 24.2 Å². The number of sulfone groups is 1. The lowest BCUT2D eigenvalue weighted by molar-refractivity contribution is -0.150. The van der Waals surface area contributed by atoms with Gasteiger partial charge in [0.05, 0.1) is 11.5 Å². The zero-order valence-corrected chi connectivity index (χ0v) is 17.2. The van der Waals surface area contributed by atoms with Crippen LogP contribution < -0.4 is 0 Å². The number of amides is 1. The number of nitrogens with zero attached hydrogens (tertiary/aromatic N) is 1. The first-order valence-corrected chi connectivity index (χ1v) is 11.6. The van der Waals surface area contributed by atoms with Crippen LogP contribution in [0, 0.1) is 0 Å². The third-order valence-electron chi connectivity index (χ3n) is 4.92. The van der Waals surface area contributed by atoms with Crippen LogP contribution in [0.25, 0.3) is 6.08 Å². The van der Waals surface area contributed by atoms with Gasteiger partial charge in [0.25, 0.3) is 5.91 Å². The molecule has 0 N–H and O–H groups in total. The van der Waals surface area contributed by atoms with Crippen LogP contribution in [0.5, 0.6) is 0 Å². The molecule has 1 aliphatic carbocycles. The van der Waals surface area contributed by atoms with Crippen molar-refractivity contribution in [1.29, 1.82) is 0 Å². The number of halogens is 1. The minimum Gasteiger partial charge on any atom is -0.452 e. The molecule has 0 aromatic carbocycles. The molecule has 2 heterocycles. The number of hydrogen-bond donors (Lipinski definition) is 0. The molecule has 9 heteroatoms. The fourth-order valence-corrected chi connectivity index (χ4v) is 5.74. The van der Waals surface area contributed by atoms with Gasteiger partial charge < -0.3 is 14.1 Å². The Morgan fingerprint density at radius 2 is 1.96 bits per heavy atom. The van der Waals surface area contributed by atoms with Crippen LogP contribution in [0.3, 0.4) is 0 Å². The second kappa shape index (κ2) is 8.60. The highest BCUT2D eigenvalue weighted by Gasteiger charge is 2.39. The molecule has 1 amide bonds. The van der Waals surface area contributed by atoms with Crippen LogP contribution in [0.2, 0.25) is 0 Å². The van der Waals surface area contributed by atoms with Crippen LogP contribution in [-0.4, -0.2) is 55.4 Å². The Morgan fingerprint density at radius 3 is 2.56 bits per heavy atom. The fraction of sp³-hybridized carbons (Fsp3) is 0.556. The van der Waals surface area contributed by atoms with Crippen molar-refractivity contribution in [2.24, 2.45) is 0 Å². The van der Waals surface area contributed by atoms with E-state index in [1.165, 1.54) is 12.2 Å². The van der Waals surface area contributed by atoms with Crippen molar-refractivity contribution in [2.75, 3.05) is 18.1 Å². The molecule has 1 atom stereocenters. The Bertz CT molecular complexity index is 825. The Balaban J connectivity index is 1.59. The first kappa shape index (κ1) is 20.1. The van der Waals surface area contributed by atoms with Gasteiger partial charge in [-0.25, -0.2) is 13.2 Å². The van der Waals surface area contributed by atoms with E-state index in [4.69, 9.17) is 9.15 Å². The SMILES string of the molecule is O=C(/C=C/c1ccc(Br)o1)OCC(=O)N(C1CCCC1)C1CCS(=O)(=O)C1. The van der Waals surface area contributed by atoms with Crippen molar-refractivity contribution in [3.8, 4) is 0 Å². The maximum Gasteiger partial charge on any atom is 0.331 e. The maximum atomic E-state index is 12.7. The Morgan fingerprint density at radius 1 is 1.22 bits per heavy atom. The van der Waals surface area contributed by atoms with Gasteiger partial charge in [0.1, 0.15) is 5.76 Å². The number of hydrogen-bond acceptors (Lipinski definition) is 6. The highest BCUT2D eigenvalue weighted by molar-refractivity contribution is 9.10. The van der Waals surface area contributed by atoms with Gasteiger partial charge in [0.2, 0.25) is 0 Å². The number of ether oxygens (including phenoxy) is 1. The molecule has 0 spiro atoms. The molecular weight excluding hydrogens is 438 g/mol. The predicted molar refractivity (Wildman–Crippen MR) is 103 cm³/mol. The van der Waals surface area contributed by atoms with Gasteiger partial charge in [-0.2, -0.15) is 0 Å². The standard InChI is InChI=1S/C18H22BrNO6S/c19-16-7-5-15(26-16)6-8-18(22)25-11-17(21)20(13-3-1-2-4-13)14-9-10-27(23,24)12-14/h5-8,13-14H,1-4,9-12H2/b8-6+. The predicted octanol–water partition coefficient (Wildman–Crippen LogP) is 2.56. The molecule has 0 radical (unpaired) electrons. The normalized spacial score (nSPS) is 22.3. The second-order valence-electron chi connectivity index (χ2n) is 6.88. The highest BCUT2D eigenvalue weighted by atomic mass is 79.9. The van der Waals surface area contributed by atoms with Crippen molar-refractivity contribution in [3.05, 3.63) is 28.6 Å². The molecule has 27 heavy (non-hydrogen) atoms. The first-order chi connectivity index (χ1) is 12.8. The third-order valence-corrected chi connectivity index (χ3v) is 7.10. The van der Waals surface area contributed by atoms with E-state index in [2.05, 4.69) is 15.9 Å². The molecule has 1 aromatic heterocycles. The van der Waals surface area contributed by atoms with E-state index in [1.54, 1.807) is 17.0 Å². The van der Waals surface area contributed by atoms with Gasteiger partial charge in [-0.1, -0.05) is 12.8 Å². The topological polar surface area (TPSA) is 93.9 Å². The van der Waals surface area contributed by atoms with Gasteiger partial charge in [-0.3, -0.25) is 4.79 Å². The lowest BCUT2D eigenvalue weighted by Gasteiger charge is -2.33. The first-order valence-electron chi connectivity index (χ1n) is 8.96. The van der Waals surface area contributed by atoms with Gasteiger partial charge in [-0.05, 0) is 53.4 Å². The Kier molecular flexibility index (Phi) is 6.41. The molecule has 1 saturated heterocycles. The quantitative estimate of drug-likeness (QED) is 0.479. The average Bonchev–Trinajstić information content (AvgIpc) is 3.34. The Labute approximate surface area is 166 Å². The summed E-state index contributed by atoms with van der Waals surface area (Å²) in [5.41, 5.74) is 0. The molecule has 3 rings (SSSR count). The monoisotopic (exact) mass is 459 g/mol. The van der Waals surface area contributed by atoms with Gasteiger partial charge >= 0.3 is 5.97 Å². The highest BCUT2D eigenvalue weighted by Crippen LogP contribution is 2.29. The van der Waals surface area contributed by atoms with Crippen molar-refractivity contribution in [1.82, 2.24) is 4.90 Å². The Hall–Kier alpha value is -1.61. The summed E-state index contributed by atoms with van der Waals surface area (Å²) >= 11 is 3.17. The summed E-state index contributed by atoms with van der Waals surface area (Å²) in [6.07, 6.45) is 6.87. The molecule has 1 aromatic rings. The zero-order chi connectivity index (χ0) is 19.4. The summed E-state index contributed by atoms with van der Waals surface area (Å²) in [5, 5.41) is 0. The summed E-state index contributed by atoms with van der Waals surface area (Å²) in [4.78, 5) is 26.2. The summed E-state index contributed by atoms with van der Waals surface area (Å²) in [7, 11) is -3.10. The lowest BCUT2D eigenvalue weighted by Crippen LogP contribution is -2.48. The van der Waals surface area contributed by atoms with Gasteiger partial charge in [0.15, 0.2) is 21.1 Å². The molecule has 148 valence electrons. The third kappa shape index (κ3) is 5.44. The molecule has 1 saturated carbocycles. The van der Waals surface area contributed by atoms with Crippen LogP contribution in [0.15, 0.2) is 27.3 Å². The van der Waals surface area contributed by atoms with Crippen molar-refractivity contribution < 1.29 is 27.2 Å². The molecule has 2 fully saturated rings. The molecule has 0 bridgehead atoms. The van der Waals surface area contributed by atoms with E-state index in [0.29, 0.717) is 16.9 Å². The van der Waals surface area contributed by atoms with Crippen molar-refractivity contribution in [3.63, 3.8) is 0 Å². The van der Waals surface area contributed by atoms with E-state index in [0.717, 1.165) is 25.7 Å². The van der Waals surface area contributed by atoms with Crippen LogP contribution >= 0.6 is 15.9 Å². The fourth-order valence-electron chi connectivity index (χ4n) is 3.71. The molecule has 1 aliphatic heterocycles. The van der Waals surface area contributed by atoms with Gasteiger partial charge in [0, 0.05) is 18.2 Å². The van der Waals surface area contributed by atoms with Crippen molar-refractivity contribution in [2.45, 2.75) is 44.2 Å². The van der Waals surface area contributed by atoms with E-state index in [9.17, 15) is 18.0 Å². The number of carbonyl (C=O) groups is 2. The number of rotatable bonds is 6. The summed E-state index contributed by atoms with van der Waals surface area (Å²) in [6.45, 7) is -0.391. The number of furan rings is 1. The van der Waals surface area contributed by atoms with E-state index in [-0.39, 0.29) is 29.5 Å². The summed E-state index contributed by atoms with van der Waals surface area (Å²) in [6, 6.07) is 3.09. The number of carbonyl (C=O) groups excluding carboxylic acids is 2.